The van der Waals surface area contributed by atoms with Crippen molar-refractivity contribution in [3.8, 4) is 0 Å². The van der Waals surface area contributed by atoms with Gasteiger partial charge >= 0.3 is 30.2 Å². The summed E-state index contributed by atoms with van der Waals surface area (Å²) in [5, 5.41) is 0. The zero-order chi connectivity index (χ0) is 45.0. The minimum absolute atomic E-state index is 0.0882. The number of hydrogen-bond acceptors (Lipinski definition) is 15. The molecule has 58 heavy (non-hydrogen) atoms. The third-order valence-corrected chi connectivity index (χ3v) is 8.83. The minimum Gasteiger partial charge on any atom is -0.467 e. The molecule has 0 radical (unpaired) electrons. The fourth-order valence-corrected chi connectivity index (χ4v) is 6.35. The first-order valence-corrected chi connectivity index (χ1v) is 20.1. The Hall–Kier alpha value is -3.71. The normalized spacial score (nSPS) is 19.0. The largest absolute Gasteiger partial charge is 0.524 e. The summed E-state index contributed by atoms with van der Waals surface area (Å²) in [6, 6.07) is -6.46. The number of likely N-dealkylation sites (tertiary alicyclic amines) is 1. The molecule has 1 aliphatic heterocycles. The fourth-order valence-electron chi connectivity index (χ4n) is 6.35. The quantitative estimate of drug-likeness (QED) is 0.0851. The van der Waals surface area contributed by atoms with Gasteiger partial charge in [0.1, 0.15) is 34.9 Å². The van der Waals surface area contributed by atoms with E-state index in [1.165, 1.54) is 0 Å². The van der Waals surface area contributed by atoms with E-state index in [2.05, 4.69) is 0 Å². The zero-order valence-electron chi connectivity index (χ0n) is 37.3. The van der Waals surface area contributed by atoms with Gasteiger partial charge in [-0.3, -0.25) is 9.59 Å². The van der Waals surface area contributed by atoms with Crippen molar-refractivity contribution in [3.63, 3.8) is 0 Å². The standard InChI is InChI=1S/C40H73N6O12/c1-37(2,3)55-25-26(43)32(49)46(36(53)58-40(10,11)12)24-18-21-29(46)31(48)44(34(51)56-38(4,5)6)27(19-14-16-22-41)30(47)45(35(52)57-39(7,8)9)28(33(50)54-13)20-15-17-23-42/h26-29H,14-25,41-43H2,1-13H3/q+1/t26-,27-,28-,29-,46?/m0/s1. The Morgan fingerprint density at radius 1 is 0.672 bits per heavy atom. The minimum atomic E-state index is -1.84. The molecule has 334 valence electrons. The molecule has 0 aromatic rings. The van der Waals surface area contributed by atoms with Crippen LogP contribution in [0.4, 0.5) is 14.4 Å². The van der Waals surface area contributed by atoms with E-state index in [1.54, 1.807) is 83.1 Å². The number of esters is 1. The maximum absolute atomic E-state index is 15.3. The van der Waals surface area contributed by atoms with Gasteiger partial charge in [-0.2, -0.15) is 4.79 Å². The second-order valence-electron chi connectivity index (χ2n) is 18.6. The fraction of sp³-hybridized carbons (Fsp3) is 0.825. The Balaban J connectivity index is 4.27. The molecule has 18 nitrogen and oxygen atoms in total. The Labute approximate surface area is 344 Å². The first-order valence-electron chi connectivity index (χ1n) is 20.1. The number of quaternary nitrogens is 1. The first kappa shape index (κ1) is 52.3. The van der Waals surface area contributed by atoms with Gasteiger partial charge in [0.25, 0.3) is 11.8 Å². The molecule has 1 heterocycles. The number of nitrogens with zero attached hydrogens (tertiary/aromatic N) is 3. The first-order chi connectivity index (χ1) is 26.5. The molecule has 1 saturated heterocycles. The number of amides is 6. The number of rotatable bonds is 16. The van der Waals surface area contributed by atoms with Crippen LogP contribution in [0.2, 0.25) is 0 Å². The van der Waals surface area contributed by atoms with Crippen LogP contribution in [0.5, 0.6) is 0 Å². The van der Waals surface area contributed by atoms with Crippen LogP contribution in [0.3, 0.4) is 0 Å². The number of carbonyl (C=O) groups excluding carboxylic acids is 7. The summed E-state index contributed by atoms with van der Waals surface area (Å²) in [5.41, 5.74) is 13.7. The predicted molar refractivity (Wildman–Crippen MR) is 215 cm³/mol. The topological polar surface area (TPSA) is 250 Å². The predicted octanol–water partition coefficient (Wildman–Crippen LogP) is 4.27. The maximum atomic E-state index is 15.3. The summed E-state index contributed by atoms with van der Waals surface area (Å²) in [6.07, 6.45) is -2.75. The monoisotopic (exact) mass is 830 g/mol. The van der Waals surface area contributed by atoms with E-state index >= 15 is 9.59 Å². The second kappa shape index (κ2) is 21.5. The Bertz CT molecular complexity index is 1440. The van der Waals surface area contributed by atoms with E-state index in [9.17, 15) is 24.0 Å². The van der Waals surface area contributed by atoms with Crippen LogP contribution in [0, 0.1) is 0 Å². The molecule has 0 aromatic heterocycles. The number of carbonyl (C=O) groups is 7. The van der Waals surface area contributed by atoms with E-state index in [4.69, 9.17) is 40.9 Å². The molecule has 0 aromatic carbocycles. The number of imide groups is 3. The lowest BCUT2D eigenvalue weighted by molar-refractivity contribution is -0.787. The molecular weight excluding hydrogens is 756 g/mol. The molecule has 6 amide bonds. The van der Waals surface area contributed by atoms with Crippen LogP contribution in [0.15, 0.2) is 0 Å². The SMILES string of the molecule is COC(=O)[C@H](CCCCN)N(C(=O)OC(C)(C)C)C(=O)[C@H](CCCCN)N(C(=O)OC(C)(C)C)C(=O)[C@@H]1CCC[N+]1(C(=O)OC(C)(C)C)C(=O)[C@@H](N)COC(C)(C)C. The third kappa shape index (κ3) is 15.5. The molecule has 5 atom stereocenters. The van der Waals surface area contributed by atoms with Gasteiger partial charge in [-0.1, -0.05) is 0 Å². The van der Waals surface area contributed by atoms with Crippen LogP contribution in [-0.2, 0) is 42.9 Å². The third-order valence-electron chi connectivity index (χ3n) is 8.83. The average molecular weight is 830 g/mol. The van der Waals surface area contributed by atoms with Gasteiger partial charge in [0.2, 0.25) is 0 Å². The highest BCUT2D eigenvalue weighted by atomic mass is 16.6. The molecule has 1 aliphatic rings. The number of hydrogen-bond donors (Lipinski definition) is 3. The average Bonchev–Trinajstić information content (AvgIpc) is 3.52. The molecular formula is C40H73N6O12+. The van der Waals surface area contributed by atoms with Crippen LogP contribution in [0.1, 0.15) is 134 Å². The summed E-state index contributed by atoms with van der Waals surface area (Å²) in [4.78, 5) is 103. The van der Waals surface area contributed by atoms with E-state index in [1.807, 2.05) is 0 Å². The van der Waals surface area contributed by atoms with Gasteiger partial charge in [-0.25, -0.2) is 29.0 Å². The van der Waals surface area contributed by atoms with Gasteiger partial charge in [0.15, 0.2) is 6.04 Å². The Kier molecular flexibility index (Phi) is 19.4. The van der Waals surface area contributed by atoms with Crippen molar-refractivity contribution in [2.45, 2.75) is 181 Å². The summed E-state index contributed by atoms with van der Waals surface area (Å²) in [5.74, 6) is -4.16. The summed E-state index contributed by atoms with van der Waals surface area (Å²) < 4.78 is 26.8. The summed E-state index contributed by atoms with van der Waals surface area (Å²) in [7, 11) is 1.09. The molecule has 6 N–H and O–H groups in total. The lowest BCUT2D eigenvalue weighted by Gasteiger charge is -2.40. The zero-order valence-corrected chi connectivity index (χ0v) is 37.3. The highest BCUT2D eigenvalue weighted by molar-refractivity contribution is 6.05. The Morgan fingerprint density at radius 2 is 1.14 bits per heavy atom. The van der Waals surface area contributed by atoms with Crippen molar-refractivity contribution in [2.75, 3.05) is 33.4 Å². The number of ether oxygens (including phenoxy) is 5. The van der Waals surface area contributed by atoms with Crippen LogP contribution < -0.4 is 17.2 Å². The summed E-state index contributed by atoms with van der Waals surface area (Å²) >= 11 is 0. The molecule has 1 fully saturated rings. The van der Waals surface area contributed by atoms with Gasteiger partial charge in [0.05, 0.1) is 25.9 Å². The van der Waals surface area contributed by atoms with Gasteiger partial charge in [-0.05, 0) is 135 Å². The molecule has 0 saturated carbocycles. The Morgan fingerprint density at radius 3 is 1.57 bits per heavy atom. The van der Waals surface area contributed by atoms with Gasteiger partial charge < -0.3 is 40.9 Å². The van der Waals surface area contributed by atoms with Crippen molar-refractivity contribution >= 4 is 42.0 Å². The lowest BCUT2D eigenvalue weighted by atomic mass is 10.0. The molecule has 18 heteroatoms. The van der Waals surface area contributed by atoms with Crippen LogP contribution in [-0.4, -0.2) is 136 Å². The van der Waals surface area contributed by atoms with E-state index in [0.29, 0.717) is 22.6 Å². The smallest absolute Gasteiger partial charge is 0.467 e. The molecule has 1 unspecified atom stereocenters. The number of unbranched alkanes of at least 4 members (excludes halogenated alkanes) is 2. The van der Waals surface area contributed by atoms with Crippen LogP contribution in [0.25, 0.3) is 0 Å². The molecule has 0 bridgehead atoms. The van der Waals surface area contributed by atoms with E-state index in [0.717, 1.165) is 7.11 Å². The van der Waals surface area contributed by atoms with Gasteiger partial charge in [-0.15, -0.1) is 4.48 Å². The van der Waals surface area contributed by atoms with Crippen molar-refractivity contribution in [1.29, 1.82) is 0 Å². The molecule has 0 spiro atoms. The molecule has 1 rings (SSSR count). The highest BCUT2D eigenvalue weighted by Gasteiger charge is 2.63. The van der Waals surface area contributed by atoms with Crippen molar-refractivity contribution in [3.05, 3.63) is 0 Å². The second-order valence-corrected chi connectivity index (χ2v) is 18.6. The molecule has 0 aliphatic carbocycles. The van der Waals surface area contributed by atoms with E-state index in [-0.39, 0.29) is 64.8 Å². The van der Waals surface area contributed by atoms with Crippen molar-refractivity contribution in [2.24, 2.45) is 17.2 Å². The van der Waals surface area contributed by atoms with Crippen LogP contribution >= 0.6 is 0 Å². The van der Waals surface area contributed by atoms with Crippen molar-refractivity contribution < 1.29 is 61.7 Å². The van der Waals surface area contributed by atoms with E-state index < -0.39 is 93.0 Å². The number of methoxy groups -OCH3 is 1. The van der Waals surface area contributed by atoms with Gasteiger partial charge in [0, 0.05) is 12.8 Å². The number of nitrogens with two attached hydrogens (primary N) is 3. The lowest BCUT2D eigenvalue weighted by Crippen LogP contribution is -2.70. The van der Waals surface area contributed by atoms with Crippen molar-refractivity contribution in [1.82, 2.24) is 9.80 Å². The summed E-state index contributed by atoms with van der Waals surface area (Å²) in [6.45, 7) is 19.3. The highest BCUT2D eigenvalue weighted by Crippen LogP contribution is 2.35. The maximum Gasteiger partial charge on any atom is 0.524 e.